The Hall–Kier alpha value is -2.87. The van der Waals surface area contributed by atoms with Crippen LogP contribution in [0.4, 0.5) is 21.5 Å². The minimum atomic E-state index is -0.574. The van der Waals surface area contributed by atoms with E-state index >= 15 is 0 Å². The van der Waals surface area contributed by atoms with Crippen molar-refractivity contribution in [1.82, 2.24) is 0 Å². The maximum absolute atomic E-state index is 13.5. The normalized spacial score (nSPS) is 9.65. The van der Waals surface area contributed by atoms with Crippen LogP contribution in [0.5, 0.6) is 0 Å². The molecule has 0 unspecified atom stereocenters. The number of benzene rings is 2. The molecule has 0 atom stereocenters. The maximum atomic E-state index is 13.5. The number of nitrogens with zero attached hydrogens (tertiary/aromatic N) is 1. The molecule has 2 N–H and O–H groups in total. The van der Waals surface area contributed by atoms with Crippen LogP contribution in [0, 0.1) is 17.1 Å². The van der Waals surface area contributed by atoms with Crippen molar-refractivity contribution in [2.75, 3.05) is 10.6 Å². The van der Waals surface area contributed by atoms with Gasteiger partial charge in [0.1, 0.15) is 17.4 Å². The molecule has 0 saturated heterocycles. The number of carbonyl (C=O) groups is 1. The molecule has 0 bridgehead atoms. The minimum Gasteiger partial charge on any atom is -0.354 e. The monoisotopic (exact) mass is 269 g/mol. The summed E-state index contributed by atoms with van der Waals surface area (Å²) >= 11 is 0. The molecule has 0 fully saturated rings. The molecular formula is C15H12FN3O. The van der Waals surface area contributed by atoms with Crippen molar-refractivity contribution >= 4 is 23.0 Å². The number of nitrogens with one attached hydrogen (secondary N) is 2. The van der Waals surface area contributed by atoms with E-state index in [0.717, 1.165) is 0 Å². The molecule has 2 rings (SSSR count). The Bertz CT molecular complexity index is 692. The first-order chi connectivity index (χ1) is 9.60. The lowest BCUT2D eigenvalue weighted by Crippen LogP contribution is -2.05. The number of hydrogen-bond acceptors (Lipinski definition) is 3. The van der Waals surface area contributed by atoms with Crippen LogP contribution < -0.4 is 10.6 Å². The molecular weight excluding hydrogens is 257 g/mol. The highest BCUT2D eigenvalue weighted by atomic mass is 19.1. The van der Waals surface area contributed by atoms with Crippen molar-refractivity contribution in [1.29, 1.82) is 5.26 Å². The lowest BCUT2D eigenvalue weighted by molar-refractivity contribution is -0.114. The average Bonchev–Trinajstić information content (AvgIpc) is 2.38. The number of amides is 1. The Kier molecular flexibility index (Phi) is 3.96. The second-order valence-corrected chi connectivity index (χ2v) is 4.16. The molecule has 0 aliphatic rings. The molecule has 4 nitrogen and oxygen atoms in total. The van der Waals surface area contributed by atoms with E-state index in [2.05, 4.69) is 10.6 Å². The first-order valence-electron chi connectivity index (χ1n) is 5.93. The summed E-state index contributed by atoms with van der Waals surface area (Å²) in [4.78, 5) is 11.0. The summed E-state index contributed by atoms with van der Waals surface area (Å²) in [5.74, 6) is -0.749. The molecule has 5 heteroatoms. The highest BCUT2D eigenvalue weighted by Gasteiger charge is 2.08. The van der Waals surface area contributed by atoms with E-state index < -0.39 is 5.82 Å². The first-order valence-corrected chi connectivity index (χ1v) is 5.93. The van der Waals surface area contributed by atoms with E-state index in [1.807, 2.05) is 6.07 Å². The fraction of sp³-hybridized carbons (Fsp3) is 0.0667. The van der Waals surface area contributed by atoms with E-state index in [0.29, 0.717) is 17.1 Å². The van der Waals surface area contributed by atoms with Gasteiger partial charge in [-0.3, -0.25) is 4.79 Å². The zero-order valence-electron chi connectivity index (χ0n) is 10.8. The molecule has 0 saturated carbocycles. The number of anilines is 3. The SMILES string of the molecule is CC(=O)Nc1cccc(Nc2cccc(F)c2C#N)c1. The van der Waals surface area contributed by atoms with E-state index in [1.165, 1.54) is 19.1 Å². The Morgan fingerprint density at radius 2 is 1.90 bits per heavy atom. The third kappa shape index (κ3) is 3.12. The summed E-state index contributed by atoms with van der Waals surface area (Å²) in [7, 11) is 0. The smallest absolute Gasteiger partial charge is 0.221 e. The molecule has 0 aromatic heterocycles. The van der Waals surface area contributed by atoms with E-state index in [1.54, 1.807) is 30.3 Å². The molecule has 100 valence electrons. The zero-order chi connectivity index (χ0) is 14.5. The number of carbonyl (C=O) groups excluding carboxylic acids is 1. The predicted molar refractivity (Wildman–Crippen MR) is 75.1 cm³/mol. The molecule has 20 heavy (non-hydrogen) atoms. The summed E-state index contributed by atoms with van der Waals surface area (Å²) < 4.78 is 13.5. The number of halogens is 1. The number of nitriles is 1. The van der Waals surface area contributed by atoms with Crippen molar-refractivity contribution in [2.24, 2.45) is 0 Å². The van der Waals surface area contributed by atoms with Crippen LogP contribution in [0.15, 0.2) is 42.5 Å². The predicted octanol–water partition coefficient (Wildman–Crippen LogP) is 3.40. The quantitative estimate of drug-likeness (QED) is 0.897. The van der Waals surface area contributed by atoms with Crippen molar-refractivity contribution < 1.29 is 9.18 Å². The van der Waals surface area contributed by atoms with Gasteiger partial charge in [-0.1, -0.05) is 12.1 Å². The molecule has 0 spiro atoms. The first kappa shape index (κ1) is 13.6. The number of rotatable bonds is 3. The van der Waals surface area contributed by atoms with E-state index in [4.69, 9.17) is 5.26 Å². The van der Waals surface area contributed by atoms with E-state index in [-0.39, 0.29) is 11.5 Å². The van der Waals surface area contributed by atoms with Gasteiger partial charge in [-0.15, -0.1) is 0 Å². The second kappa shape index (κ2) is 5.85. The third-order valence-corrected chi connectivity index (χ3v) is 2.59. The lowest BCUT2D eigenvalue weighted by Gasteiger charge is -2.10. The Balaban J connectivity index is 2.29. The minimum absolute atomic E-state index is 0.0440. The fourth-order valence-electron chi connectivity index (χ4n) is 1.78. The Morgan fingerprint density at radius 3 is 2.60 bits per heavy atom. The average molecular weight is 269 g/mol. The lowest BCUT2D eigenvalue weighted by atomic mass is 10.1. The summed E-state index contributed by atoms with van der Waals surface area (Å²) in [6.45, 7) is 1.42. The van der Waals surface area contributed by atoms with Gasteiger partial charge < -0.3 is 10.6 Å². The van der Waals surface area contributed by atoms with Crippen molar-refractivity contribution in [3.05, 3.63) is 53.8 Å². The van der Waals surface area contributed by atoms with Crippen molar-refractivity contribution in [3.8, 4) is 6.07 Å². The van der Waals surface area contributed by atoms with Gasteiger partial charge in [0, 0.05) is 18.3 Å². The van der Waals surface area contributed by atoms with Crippen LogP contribution >= 0.6 is 0 Å². The topological polar surface area (TPSA) is 64.9 Å². The van der Waals surface area contributed by atoms with Crippen LogP contribution in [0.1, 0.15) is 12.5 Å². The number of hydrogen-bond donors (Lipinski definition) is 2. The molecule has 0 aliphatic heterocycles. The fourth-order valence-corrected chi connectivity index (χ4v) is 1.78. The molecule has 1 amide bonds. The highest BCUT2D eigenvalue weighted by molar-refractivity contribution is 5.89. The van der Waals surface area contributed by atoms with Crippen molar-refractivity contribution in [3.63, 3.8) is 0 Å². The molecule has 0 aliphatic carbocycles. The summed E-state index contributed by atoms with van der Waals surface area (Å²) in [6.07, 6.45) is 0. The summed E-state index contributed by atoms with van der Waals surface area (Å²) in [5.41, 5.74) is 1.61. The van der Waals surface area contributed by atoms with Gasteiger partial charge in [-0.05, 0) is 30.3 Å². The van der Waals surface area contributed by atoms with Gasteiger partial charge >= 0.3 is 0 Å². The molecule has 0 heterocycles. The van der Waals surface area contributed by atoms with Crippen LogP contribution in [-0.4, -0.2) is 5.91 Å². The Labute approximate surface area is 115 Å². The van der Waals surface area contributed by atoms with Crippen LogP contribution in [0.2, 0.25) is 0 Å². The van der Waals surface area contributed by atoms with Gasteiger partial charge in [0.25, 0.3) is 0 Å². The van der Waals surface area contributed by atoms with Gasteiger partial charge in [-0.25, -0.2) is 4.39 Å². The standard InChI is InChI=1S/C15H12FN3O/c1-10(20)18-11-4-2-5-12(8-11)19-15-7-3-6-14(16)13(15)9-17/h2-8,19H,1H3,(H,18,20). The van der Waals surface area contributed by atoms with Gasteiger partial charge in [0.15, 0.2) is 0 Å². The second-order valence-electron chi connectivity index (χ2n) is 4.16. The molecule has 2 aromatic carbocycles. The molecule has 2 aromatic rings. The van der Waals surface area contributed by atoms with Gasteiger partial charge in [-0.2, -0.15) is 5.26 Å². The largest absolute Gasteiger partial charge is 0.354 e. The highest BCUT2D eigenvalue weighted by Crippen LogP contribution is 2.24. The third-order valence-electron chi connectivity index (χ3n) is 2.59. The van der Waals surface area contributed by atoms with Gasteiger partial charge in [0.05, 0.1) is 5.69 Å². The maximum Gasteiger partial charge on any atom is 0.221 e. The summed E-state index contributed by atoms with van der Waals surface area (Å²) in [5, 5.41) is 14.6. The van der Waals surface area contributed by atoms with Crippen LogP contribution in [0.3, 0.4) is 0 Å². The van der Waals surface area contributed by atoms with E-state index in [9.17, 15) is 9.18 Å². The molecule has 0 radical (unpaired) electrons. The zero-order valence-corrected chi connectivity index (χ0v) is 10.8. The van der Waals surface area contributed by atoms with Gasteiger partial charge in [0.2, 0.25) is 5.91 Å². The summed E-state index contributed by atoms with van der Waals surface area (Å²) in [6, 6.07) is 13.2. The van der Waals surface area contributed by atoms with Crippen LogP contribution in [-0.2, 0) is 4.79 Å². The Morgan fingerprint density at radius 1 is 1.20 bits per heavy atom. The van der Waals surface area contributed by atoms with Crippen molar-refractivity contribution in [2.45, 2.75) is 6.92 Å². The van der Waals surface area contributed by atoms with Crippen LogP contribution in [0.25, 0.3) is 0 Å².